The summed E-state index contributed by atoms with van der Waals surface area (Å²) in [6.45, 7) is 16.5. The molecule has 3 atom stereocenters. The Balaban J connectivity index is 2.34. The molecular formula is C18H36O2Si. The quantitative estimate of drug-likeness (QED) is 0.316. The molecule has 0 aliphatic carbocycles. The van der Waals surface area contributed by atoms with Crippen molar-refractivity contribution in [2.24, 2.45) is 5.92 Å². The van der Waals surface area contributed by atoms with Gasteiger partial charge in [-0.2, -0.15) is 0 Å². The van der Waals surface area contributed by atoms with Crippen molar-refractivity contribution < 1.29 is 9.16 Å². The maximum Gasteiger partial charge on any atom is 0.191 e. The van der Waals surface area contributed by atoms with Crippen LogP contribution in [0.2, 0.25) is 18.1 Å². The minimum atomic E-state index is -1.40. The van der Waals surface area contributed by atoms with Gasteiger partial charge in [0.25, 0.3) is 0 Å². The van der Waals surface area contributed by atoms with Gasteiger partial charge >= 0.3 is 0 Å². The topological polar surface area (TPSA) is 18.5 Å². The second kappa shape index (κ2) is 9.11. The fourth-order valence-corrected chi connectivity index (χ4v) is 6.13. The molecule has 1 saturated heterocycles. The molecule has 1 heterocycles. The van der Waals surface area contributed by atoms with Crippen LogP contribution in [0.1, 0.15) is 60.3 Å². The fraction of sp³-hybridized carbons (Fsp3) is 0.889. The predicted molar refractivity (Wildman–Crippen MR) is 94.3 cm³/mol. The van der Waals surface area contributed by atoms with Crippen molar-refractivity contribution in [2.75, 3.05) is 6.61 Å². The molecule has 124 valence electrons. The first-order valence-electron chi connectivity index (χ1n) is 8.99. The monoisotopic (exact) mass is 312 g/mol. The van der Waals surface area contributed by atoms with Crippen LogP contribution in [0, 0.1) is 5.92 Å². The second-order valence-corrected chi connectivity index (χ2v) is 11.4. The molecule has 1 rings (SSSR count). The molecule has 1 aliphatic heterocycles. The van der Waals surface area contributed by atoms with Crippen molar-refractivity contribution in [1.82, 2.24) is 0 Å². The third-order valence-electron chi connectivity index (χ3n) is 5.40. The smallest absolute Gasteiger partial charge is 0.191 e. The third kappa shape index (κ3) is 5.22. The summed E-state index contributed by atoms with van der Waals surface area (Å²) in [5, 5.41) is 0. The zero-order valence-corrected chi connectivity index (χ0v) is 15.9. The van der Waals surface area contributed by atoms with Crippen LogP contribution in [0.5, 0.6) is 0 Å². The number of ether oxygens (including phenoxy) is 1. The van der Waals surface area contributed by atoms with Gasteiger partial charge in [-0.15, -0.1) is 0 Å². The van der Waals surface area contributed by atoms with Crippen molar-refractivity contribution in [2.45, 2.75) is 90.6 Å². The van der Waals surface area contributed by atoms with Gasteiger partial charge in [-0.05, 0) is 55.3 Å². The lowest BCUT2D eigenvalue weighted by Crippen LogP contribution is -2.37. The Hall–Kier alpha value is -0.123. The molecule has 2 nitrogen and oxygen atoms in total. The molecule has 0 saturated carbocycles. The van der Waals surface area contributed by atoms with E-state index in [1.54, 1.807) is 0 Å². The van der Waals surface area contributed by atoms with Crippen molar-refractivity contribution >= 4 is 8.32 Å². The molecule has 0 bridgehead atoms. The van der Waals surface area contributed by atoms with Gasteiger partial charge in [-0.3, -0.25) is 0 Å². The van der Waals surface area contributed by atoms with Crippen molar-refractivity contribution in [3.8, 4) is 0 Å². The van der Waals surface area contributed by atoms with E-state index in [4.69, 9.17) is 9.16 Å². The summed E-state index contributed by atoms with van der Waals surface area (Å²) >= 11 is 0. The van der Waals surface area contributed by atoms with E-state index >= 15 is 0 Å². The van der Waals surface area contributed by atoms with Gasteiger partial charge in [0, 0.05) is 6.61 Å². The Bertz CT molecular complexity index is 304. The van der Waals surface area contributed by atoms with Crippen LogP contribution >= 0.6 is 0 Å². The van der Waals surface area contributed by atoms with Gasteiger partial charge in [0.05, 0.1) is 12.2 Å². The standard InChI is InChI=1S/C18H36O2Si/c1-7-18-16(6)15(5)14-17(20-18)12-11-13-19-21(8-2,9-3)10-4/h15,17-18H,6-14H2,1-5H3. The summed E-state index contributed by atoms with van der Waals surface area (Å²) in [5.41, 5.74) is 1.29. The van der Waals surface area contributed by atoms with Crippen molar-refractivity contribution in [3.63, 3.8) is 0 Å². The summed E-state index contributed by atoms with van der Waals surface area (Å²) < 4.78 is 12.5. The van der Waals surface area contributed by atoms with E-state index in [9.17, 15) is 0 Å². The average Bonchev–Trinajstić information content (AvgIpc) is 2.51. The number of hydrogen-bond donors (Lipinski definition) is 0. The first-order valence-corrected chi connectivity index (χ1v) is 11.5. The largest absolute Gasteiger partial charge is 0.417 e. The van der Waals surface area contributed by atoms with E-state index in [1.807, 2.05) is 0 Å². The number of hydrogen-bond acceptors (Lipinski definition) is 2. The SMILES string of the molecule is C=C1C(C)CC(CCCO[Si](CC)(CC)CC)OC1CC. The molecule has 0 radical (unpaired) electrons. The molecular weight excluding hydrogens is 276 g/mol. The highest BCUT2D eigenvalue weighted by Gasteiger charge is 2.30. The van der Waals surface area contributed by atoms with Crippen LogP contribution in [0.4, 0.5) is 0 Å². The molecule has 1 fully saturated rings. The molecule has 21 heavy (non-hydrogen) atoms. The highest BCUT2D eigenvalue weighted by molar-refractivity contribution is 6.73. The average molecular weight is 313 g/mol. The summed E-state index contributed by atoms with van der Waals surface area (Å²) in [7, 11) is -1.40. The third-order valence-corrected chi connectivity index (χ3v) is 10.1. The van der Waals surface area contributed by atoms with E-state index in [0.717, 1.165) is 32.3 Å². The Morgan fingerprint density at radius 1 is 1.19 bits per heavy atom. The zero-order chi connectivity index (χ0) is 15.9. The molecule has 0 aromatic heterocycles. The van der Waals surface area contributed by atoms with Crippen LogP contribution in [0.15, 0.2) is 12.2 Å². The molecule has 0 spiro atoms. The highest BCUT2D eigenvalue weighted by atomic mass is 28.4. The normalized spacial score (nSPS) is 27.1. The Labute approximate surface area is 133 Å². The van der Waals surface area contributed by atoms with Gasteiger partial charge in [0.1, 0.15) is 0 Å². The van der Waals surface area contributed by atoms with Gasteiger partial charge in [0.15, 0.2) is 8.32 Å². The molecule has 3 heteroatoms. The van der Waals surface area contributed by atoms with Gasteiger partial charge < -0.3 is 9.16 Å². The Morgan fingerprint density at radius 2 is 1.81 bits per heavy atom. The van der Waals surface area contributed by atoms with Crippen LogP contribution < -0.4 is 0 Å². The predicted octanol–water partition coefficient (Wildman–Crippen LogP) is 5.55. The van der Waals surface area contributed by atoms with Crippen LogP contribution in [-0.4, -0.2) is 27.1 Å². The minimum absolute atomic E-state index is 0.273. The molecule has 0 aromatic carbocycles. The van der Waals surface area contributed by atoms with E-state index < -0.39 is 8.32 Å². The van der Waals surface area contributed by atoms with Crippen molar-refractivity contribution in [3.05, 3.63) is 12.2 Å². The lowest BCUT2D eigenvalue weighted by Gasteiger charge is -2.36. The molecule has 1 aliphatic rings. The van der Waals surface area contributed by atoms with Gasteiger partial charge in [0.2, 0.25) is 0 Å². The second-order valence-electron chi connectivity index (χ2n) is 6.60. The summed E-state index contributed by atoms with van der Waals surface area (Å²) in [6, 6.07) is 3.73. The van der Waals surface area contributed by atoms with Crippen LogP contribution in [-0.2, 0) is 9.16 Å². The Kier molecular flexibility index (Phi) is 8.21. The lowest BCUT2D eigenvalue weighted by molar-refractivity contribution is -0.0395. The van der Waals surface area contributed by atoms with E-state index in [0.29, 0.717) is 12.0 Å². The molecule has 0 aromatic rings. The van der Waals surface area contributed by atoms with E-state index in [-0.39, 0.29) is 6.10 Å². The van der Waals surface area contributed by atoms with Gasteiger partial charge in [-0.25, -0.2) is 0 Å². The summed E-state index contributed by atoms with van der Waals surface area (Å²) in [4.78, 5) is 0. The summed E-state index contributed by atoms with van der Waals surface area (Å²) in [5.74, 6) is 0.602. The maximum absolute atomic E-state index is 6.34. The van der Waals surface area contributed by atoms with E-state index in [2.05, 4.69) is 41.2 Å². The fourth-order valence-electron chi connectivity index (χ4n) is 3.44. The zero-order valence-electron chi connectivity index (χ0n) is 14.9. The van der Waals surface area contributed by atoms with Gasteiger partial charge in [-0.1, -0.05) is 41.2 Å². The van der Waals surface area contributed by atoms with Crippen LogP contribution in [0.25, 0.3) is 0 Å². The lowest BCUT2D eigenvalue weighted by atomic mass is 9.86. The minimum Gasteiger partial charge on any atom is -0.417 e. The number of rotatable bonds is 9. The van der Waals surface area contributed by atoms with Crippen molar-refractivity contribution in [1.29, 1.82) is 0 Å². The molecule has 0 amide bonds. The summed E-state index contributed by atoms with van der Waals surface area (Å²) in [6.07, 6.45) is 5.13. The molecule has 0 N–H and O–H groups in total. The first kappa shape index (κ1) is 18.9. The first-order chi connectivity index (χ1) is 10.0. The maximum atomic E-state index is 6.34. The van der Waals surface area contributed by atoms with Crippen LogP contribution in [0.3, 0.4) is 0 Å². The highest BCUT2D eigenvalue weighted by Crippen LogP contribution is 2.32. The van der Waals surface area contributed by atoms with E-state index in [1.165, 1.54) is 23.7 Å². The Morgan fingerprint density at radius 3 is 2.33 bits per heavy atom. The molecule has 3 unspecified atom stereocenters.